The Kier molecular flexibility index (Phi) is 3.39. The van der Waals surface area contributed by atoms with Crippen LogP contribution in [-0.2, 0) is 0 Å². The van der Waals surface area contributed by atoms with E-state index < -0.39 is 0 Å². The van der Waals surface area contributed by atoms with Crippen LogP contribution >= 0.6 is 0 Å². The summed E-state index contributed by atoms with van der Waals surface area (Å²) in [7, 11) is 0. The molecule has 1 aliphatic rings. The highest BCUT2D eigenvalue weighted by Gasteiger charge is 2.09. The molecule has 68 valence electrons. The smallest absolute Gasteiger partial charge is 0.0165 e. The Morgan fingerprint density at radius 2 is 2.00 bits per heavy atom. The molecule has 0 amide bonds. The van der Waals surface area contributed by atoms with Gasteiger partial charge in [-0.2, -0.15) is 0 Å². The van der Waals surface area contributed by atoms with Crippen LogP contribution in [0.2, 0.25) is 0 Å². The molecule has 0 aromatic carbocycles. The van der Waals surface area contributed by atoms with E-state index >= 15 is 0 Å². The number of allylic oxidation sites excluding steroid dienone is 4. The molecule has 1 heteroatoms. The van der Waals surface area contributed by atoms with Crippen LogP contribution in [0.5, 0.6) is 0 Å². The van der Waals surface area contributed by atoms with Gasteiger partial charge in [-0.3, -0.25) is 0 Å². The molecule has 1 aliphatic carbocycles. The second-order valence-corrected chi connectivity index (χ2v) is 3.24. The van der Waals surface area contributed by atoms with Crippen LogP contribution in [-0.4, -0.2) is 18.0 Å². The van der Waals surface area contributed by atoms with E-state index in [0.717, 1.165) is 13.1 Å². The predicted molar refractivity (Wildman–Crippen MR) is 54.0 cm³/mol. The summed E-state index contributed by atoms with van der Waals surface area (Å²) in [5.41, 5.74) is 2.99. The third-order valence-electron chi connectivity index (χ3n) is 2.52. The highest BCUT2D eigenvalue weighted by molar-refractivity contribution is 5.26. The Bertz CT molecular complexity index is 197. The fourth-order valence-electron chi connectivity index (χ4n) is 1.79. The van der Waals surface area contributed by atoms with Gasteiger partial charge in [0.05, 0.1) is 0 Å². The number of hydrogen-bond acceptors (Lipinski definition) is 1. The zero-order chi connectivity index (χ0) is 8.97. The van der Waals surface area contributed by atoms with E-state index in [-0.39, 0.29) is 0 Å². The largest absolute Gasteiger partial charge is 0.375 e. The molecule has 0 unspecified atom stereocenters. The van der Waals surface area contributed by atoms with Gasteiger partial charge >= 0.3 is 0 Å². The number of nitrogens with zero attached hydrogens (tertiary/aromatic N) is 1. The van der Waals surface area contributed by atoms with Crippen LogP contribution in [0.1, 0.15) is 33.6 Å². The van der Waals surface area contributed by atoms with Crippen molar-refractivity contribution in [3.8, 4) is 0 Å². The lowest BCUT2D eigenvalue weighted by molar-refractivity contribution is 0.364. The highest BCUT2D eigenvalue weighted by Crippen LogP contribution is 2.21. The quantitative estimate of drug-likeness (QED) is 0.621. The first-order chi connectivity index (χ1) is 5.79. The maximum Gasteiger partial charge on any atom is 0.0165 e. The lowest BCUT2D eigenvalue weighted by Gasteiger charge is -2.27. The second kappa shape index (κ2) is 4.34. The fourth-order valence-corrected chi connectivity index (χ4v) is 1.79. The van der Waals surface area contributed by atoms with Crippen molar-refractivity contribution in [2.75, 3.05) is 13.1 Å². The molecule has 0 N–H and O–H groups in total. The minimum absolute atomic E-state index is 1.14. The van der Waals surface area contributed by atoms with Crippen molar-refractivity contribution in [3.63, 3.8) is 0 Å². The van der Waals surface area contributed by atoms with E-state index in [1.807, 2.05) is 0 Å². The summed E-state index contributed by atoms with van der Waals surface area (Å²) in [6.45, 7) is 8.93. The maximum absolute atomic E-state index is 2.46. The van der Waals surface area contributed by atoms with Gasteiger partial charge in [-0.05, 0) is 39.2 Å². The summed E-state index contributed by atoms with van der Waals surface area (Å²) in [6, 6.07) is 0. The molecule has 0 radical (unpaired) electrons. The van der Waals surface area contributed by atoms with Crippen molar-refractivity contribution in [3.05, 3.63) is 23.4 Å². The Morgan fingerprint density at radius 1 is 1.33 bits per heavy atom. The fraction of sp³-hybridized carbons (Fsp3) is 0.636. The monoisotopic (exact) mass is 165 g/mol. The summed E-state index contributed by atoms with van der Waals surface area (Å²) in [6.07, 6.45) is 6.95. The average Bonchev–Trinajstić information content (AvgIpc) is 2.10. The first kappa shape index (κ1) is 9.37. The molecular weight excluding hydrogens is 146 g/mol. The topological polar surface area (TPSA) is 3.24 Å². The van der Waals surface area contributed by atoms with Crippen LogP contribution in [0.15, 0.2) is 23.4 Å². The van der Waals surface area contributed by atoms with Crippen LogP contribution < -0.4 is 0 Å². The van der Waals surface area contributed by atoms with Gasteiger partial charge in [0, 0.05) is 18.8 Å². The zero-order valence-electron chi connectivity index (χ0n) is 8.43. The van der Waals surface area contributed by atoms with Gasteiger partial charge in [-0.15, -0.1) is 0 Å². The van der Waals surface area contributed by atoms with E-state index in [1.165, 1.54) is 18.4 Å². The zero-order valence-corrected chi connectivity index (χ0v) is 8.43. The molecule has 0 atom stereocenters. The maximum atomic E-state index is 2.46. The van der Waals surface area contributed by atoms with Crippen LogP contribution in [0.4, 0.5) is 0 Å². The molecule has 0 heterocycles. The lowest BCUT2D eigenvalue weighted by atomic mass is 10.0. The predicted octanol–water partition coefficient (Wildman–Crippen LogP) is 2.95. The van der Waals surface area contributed by atoms with Gasteiger partial charge in [0.2, 0.25) is 0 Å². The van der Waals surface area contributed by atoms with Gasteiger partial charge in [-0.1, -0.05) is 12.2 Å². The van der Waals surface area contributed by atoms with Crippen molar-refractivity contribution in [1.82, 2.24) is 4.90 Å². The molecule has 0 spiro atoms. The van der Waals surface area contributed by atoms with Gasteiger partial charge in [0.25, 0.3) is 0 Å². The Morgan fingerprint density at radius 3 is 2.50 bits per heavy atom. The Hall–Kier alpha value is -0.720. The highest BCUT2D eigenvalue weighted by atomic mass is 15.1. The molecular formula is C11H19N. The Labute approximate surface area is 75.8 Å². The molecule has 0 aromatic heterocycles. The summed E-state index contributed by atoms with van der Waals surface area (Å²) in [5.74, 6) is 0. The standard InChI is InChI=1S/C11H19N/c1-4-12(5-2)11-9-7-6-8-10(11)3/h6,8H,4-5,7,9H2,1-3H3. The van der Waals surface area contributed by atoms with E-state index in [0.29, 0.717) is 0 Å². The van der Waals surface area contributed by atoms with Crippen molar-refractivity contribution in [2.24, 2.45) is 0 Å². The molecule has 12 heavy (non-hydrogen) atoms. The van der Waals surface area contributed by atoms with Crippen molar-refractivity contribution in [2.45, 2.75) is 33.6 Å². The van der Waals surface area contributed by atoms with E-state index in [4.69, 9.17) is 0 Å². The van der Waals surface area contributed by atoms with E-state index in [2.05, 4.69) is 37.8 Å². The van der Waals surface area contributed by atoms with Crippen molar-refractivity contribution in [1.29, 1.82) is 0 Å². The van der Waals surface area contributed by atoms with E-state index in [9.17, 15) is 0 Å². The number of rotatable bonds is 3. The summed E-state index contributed by atoms with van der Waals surface area (Å²) >= 11 is 0. The molecule has 0 bridgehead atoms. The minimum atomic E-state index is 1.14. The summed E-state index contributed by atoms with van der Waals surface area (Å²) in [4.78, 5) is 2.46. The van der Waals surface area contributed by atoms with Gasteiger partial charge in [0.15, 0.2) is 0 Å². The van der Waals surface area contributed by atoms with Crippen molar-refractivity contribution < 1.29 is 0 Å². The first-order valence-corrected chi connectivity index (χ1v) is 4.90. The van der Waals surface area contributed by atoms with E-state index in [1.54, 1.807) is 5.70 Å². The normalized spacial score (nSPS) is 16.9. The van der Waals surface area contributed by atoms with Crippen LogP contribution in [0, 0.1) is 0 Å². The summed E-state index contributed by atoms with van der Waals surface area (Å²) < 4.78 is 0. The Balaban J connectivity index is 2.76. The first-order valence-electron chi connectivity index (χ1n) is 4.90. The van der Waals surface area contributed by atoms with Gasteiger partial charge in [-0.25, -0.2) is 0 Å². The molecule has 0 saturated carbocycles. The molecule has 0 saturated heterocycles. The SMILES string of the molecule is CCN(CC)C1=C(C)C=CCC1. The molecule has 1 nitrogen and oxygen atoms in total. The third-order valence-corrected chi connectivity index (χ3v) is 2.52. The molecule has 1 rings (SSSR count). The third kappa shape index (κ3) is 1.90. The number of hydrogen-bond donors (Lipinski definition) is 0. The minimum Gasteiger partial charge on any atom is -0.375 e. The summed E-state index contributed by atoms with van der Waals surface area (Å²) in [5, 5.41) is 0. The molecule has 0 aliphatic heterocycles. The molecule has 0 fully saturated rings. The van der Waals surface area contributed by atoms with Crippen LogP contribution in [0.3, 0.4) is 0 Å². The average molecular weight is 165 g/mol. The van der Waals surface area contributed by atoms with Gasteiger partial charge < -0.3 is 4.90 Å². The molecule has 0 aromatic rings. The van der Waals surface area contributed by atoms with Gasteiger partial charge in [0.1, 0.15) is 0 Å². The van der Waals surface area contributed by atoms with Crippen molar-refractivity contribution >= 4 is 0 Å². The second-order valence-electron chi connectivity index (χ2n) is 3.24. The van der Waals surface area contributed by atoms with Crippen LogP contribution in [0.25, 0.3) is 0 Å². The lowest BCUT2D eigenvalue weighted by Crippen LogP contribution is -2.23.